The number of rotatable bonds is 1. The van der Waals surface area contributed by atoms with Gasteiger partial charge in [-0.15, -0.1) is 0 Å². The topological polar surface area (TPSA) is 39.1 Å². The van der Waals surface area contributed by atoms with E-state index in [0.29, 0.717) is 11.8 Å². The number of aldehydes is 1. The summed E-state index contributed by atoms with van der Waals surface area (Å²) in [6.07, 6.45) is 0.508. The van der Waals surface area contributed by atoms with E-state index in [9.17, 15) is 9.59 Å². The summed E-state index contributed by atoms with van der Waals surface area (Å²) in [6, 6.07) is 8.64. The Balaban J connectivity index is 2.99. The van der Waals surface area contributed by atoms with Gasteiger partial charge in [-0.3, -0.25) is 9.59 Å². The number of hydrogen-bond acceptors (Lipinski definition) is 2. The lowest BCUT2D eigenvalue weighted by Crippen LogP contribution is -2.17. The number of pyridine rings is 1. The Morgan fingerprint density at radius 3 is 2.71 bits per heavy atom. The molecule has 2 aromatic rings. The fourth-order valence-electron chi connectivity index (χ4n) is 1.32. The molecule has 0 spiro atoms. The third-order valence-electron chi connectivity index (χ3n) is 2.01. The van der Waals surface area contributed by atoms with Crippen molar-refractivity contribution in [3.05, 3.63) is 46.2 Å². The van der Waals surface area contributed by atoms with Crippen molar-refractivity contribution in [1.29, 1.82) is 0 Å². The molecule has 0 atom stereocenters. The molecule has 0 saturated carbocycles. The van der Waals surface area contributed by atoms with Gasteiger partial charge in [0, 0.05) is 17.2 Å². The zero-order valence-electron chi connectivity index (χ0n) is 7.11. The maximum atomic E-state index is 11.4. The minimum atomic E-state index is -0.486. The number of aromatic nitrogens is 1. The molecule has 0 aliphatic heterocycles. The molecule has 0 unspecified atom stereocenters. The largest absolute Gasteiger partial charge is 0.298 e. The normalized spacial score (nSPS) is 10.4. The van der Waals surface area contributed by atoms with Gasteiger partial charge in [0.05, 0.1) is 11.1 Å². The van der Waals surface area contributed by atoms with Crippen LogP contribution in [0.15, 0.2) is 35.1 Å². The molecule has 0 bridgehead atoms. The van der Waals surface area contributed by atoms with Crippen LogP contribution in [0.1, 0.15) is 10.4 Å². The van der Waals surface area contributed by atoms with Gasteiger partial charge in [0.25, 0.3) is 5.56 Å². The second-order valence-corrected chi connectivity index (χ2v) is 3.20. The number of fused-ring (bicyclic) bond motifs is 1. The molecule has 0 saturated heterocycles. The molecule has 1 heterocycles. The van der Waals surface area contributed by atoms with Crippen molar-refractivity contribution in [2.45, 2.75) is 0 Å². The van der Waals surface area contributed by atoms with Crippen molar-refractivity contribution < 1.29 is 4.79 Å². The molecule has 0 amide bonds. The van der Waals surface area contributed by atoms with Crippen molar-refractivity contribution in [3.8, 4) is 0 Å². The molecule has 0 aliphatic carbocycles. The van der Waals surface area contributed by atoms with E-state index in [1.807, 2.05) is 6.07 Å². The highest BCUT2D eigenvalue weighted by molar-refractivity contribution is 6.19. The van der Waals surface area contributed by atoms with Gasteiger partial charge in [-0.25, -0.2) is 4.09 Å². The third-order valence-corrected chi connectivity index (χ3v) is 2.35. The van der Waals surface area contributed by atoms with Crippen LogP contribution in [0.25, 0.3) is 10.9 Å². The molecule has 3 nitrogen and oxygen atoms in total. The standard InChI is InChI=1S/C10H6ClNO2/c11-12-9-4-2-1-3-7(9)5-8(6-13)10(12)14/h1-6H. The average Bonchev–Trinajstić information content (AvgIpc) is 2.23. The van der Waals surface area contributed by atoms with E-state index >= 15 is 0 Å². The fraction of sp³-hybridized carbons (Fsp3) is 0. The maximum absolute atomic E-state index is 11.4. The van der Waals surface area contributed by atoms with Crippen LogP contribution >= 0.6 is 11.8 Å². The summed E-state index contributed by atoms with van der Waals surface area (Å²) < 4.78 is 0.957. The summed E-state index contributed by atoms with van der Waals surface area (Å²) in [6.45, 7) is 0. The van der Waals surface area contributed by atoms with E-state index in [0.717, 1.165) is 9.47 Å². The molecular formula is C10H6ClNO2. The molecule has 4 heteroatoms. The first-order valence-corrected chi connectivity index (χ1v) is 4.34. The Morgan fingerprint density at radius 2 is 2.00 bits per heavy atom. The Labute approximate surface area is 84.6 Å². The first-order valence-electron chi connectivity index (χ1n) is 4.00. The van der Waals surface area contributed by atoms with E-state index in [1.54, 1.807) is 18.2 Å². The first-order chi connectivity index (χ1) is 6.74. The highest BCUT2D eigenvalue weighted by Crippen LogP contribution is 2.13. The molecule has 0 fully saturated rings. The molecule has 14 heavy (non-hydrogen) atoms. The summed E-state index contributed by atoms with van der Waals surface area (Å²) >= 11 is 5.76. The van der Waals surface area contributed by atoms with Crippen molar-refractivity contribution >= 4 is 29.0 Å². The first kappa shape index (κ1) is 8.97. The van der Waals surface area contributed by atoms with Crippen LogP contribution in [0.3, 0.4) is 0 Å². The third kappa shape index (κ3) is 1.22. The van der Waals surface area contributed by atoms with E-state index in [2.05, 4.69) is 0 Å². The number of carbonyl (C=O) groups is 1. The Bertz CT molecular complexity index is 560. The SMILES string of the molecule is O=Cc1cc2ccccc2n(Cl)c1=O. The predicted molar refractivity (Wildman–Crippen MR) is 54.8 cm³/mol. The Hall–Kier alpha value is -1.61. The molecule has 70 valence electrons. The van der Waals surface area contributed by atoms with E-state index in [-0.39, 0.29) is 5.56 Å². The van der Waals surface area contributed by atoms with Gasteiger partial charge in [-0.2, -0.15) is 0 Å². The molecular weight excluding hydrogens is 202 g/mol. The molecule has 0 N–H and O–H groups in total. The van der Waals surface area contributed by atoms with Gasteiger partial charge in [0.2, 0.25) is 0 Å². The Morgan fingerprint density at radius 1 is 1.29 bits per heavy atom. The number of benzene rings is 1. The van der Waals surface area contributed by atoms with Crippen LogP contribution in [0.5, 0.6) is 0 Å². The lowest BCUT2D eigenvalue weighted by molar-refractivity contribution is 0.112. The number of nitrogens with zero attached hydrogens (tertiary/aromatic N) is 1. The molecule has 1 aromatic carbocycles. The predicted octanol–water partition coefficient (Wildman–Crippen LogP) is 1.82. The zero-order valence-corrected chi connectivity index (χ0v) is 7.86. The minimum absolute atomic E-state index is 0.0682. The highest BCUT2D eigenvalue weighted by Gasteiger charge is 2.05. The quantitative estimate of drug-likeness (QED) is 0.669. The number of carbonyl (C=O) groups excluding carboxylic acids is 1. The lowest BCUT2D eigenvalue weighted by atomic mass is 10.2. The minimum Gasteiger partial charge on any atom is -0.298 e. The second kappa shape index (κ2) is 3.27. The molecule has 0 aliphatic rings. The Kier molecular flexibility index (Phi) is 2.09. The average molecular weight is 208 g/mol. The van der Waals surface area contributed by atoms with Crippen LogP contribution in [0.4, 0.5) is 0 Å². The summed E-state index contributed by atoms with van der Waals surface area (Å²) in [5.74, 6) is 0. The van der Waals surface area contributed by atoms with Gasteiger partial charge in [0.1, 0.15) is 0 Å². The molecule has 0 radical (unpaired) electrons. The van der Waals surface area contributed by atoms with Crippen LogP contribution in [0.2, 0.25) is 0 Å². The van der Waals surface area contributed by atoms with Gasteiger partial charge < -0.3 is 0 Å². The molecule has 2 rings (SSSR count). The van der Waals surface area contributed by atoms with Gasteiger partial charge in [0.15, 0.2) is 6.29 Å². The number of halogens is 1. The van der Waals surface area contributed by atoms with E-state index in [4.69, 9.17) is 11.8 Å². The zero-order chi connectivity index (χ0) is 10.1. The fourth-order valence-corrected chi connectivity index (χ4v) is 1.58. The van der Waals surface area contributed by atoms with E-state index in [1.165, 1.54) is 6.07 Å². The van der Waals surface area contributed by atoms with Gasteiger partial charge in [-0.1, -0.05) is 18.2 Å². The van der Waals surface area contributed by atoms with Gasteiger partial charge in [-0.05, 0) is 12.1 Å². The molecule has 1 aromatic heterocycles. The van der Waals surface area contributed by atoms with E-state index < -0.39 is 5.56 Å². The highest BCUT2D eigenvalue weighted by atomic mass is 35.5. The lowest BCUT2D eigenvalue weighted by Gasteiger charge is -2.02. The number of hydrogen-bond donors (Lipinski definition) is 0. The van der Waals surface area contributed by atoms with Gasteiger partial charge >= 0.3 is 0 Å². The van der Waals surface area contributed by atoms with Crippen molar-refractivity contribution in [1.82, 2.24) is 4.09 Å². The summed E-state index contributed by atoms with van der Waals surface area (Å²) in [5.41, 5.74) is 0.184. The van der Waals surface area contributed by atoms with Crippen LogP contribution < -0.4 is 5.56 Å². The summed E-state index contributed by atoms with van der Waals surface area (Å²) in [4.78, 5) is 22.0. The number of para-hydroxylation sites is 1. The monoisotopic (exact) mass is 207 g/mol. The van der Waals surface area contributed by atoms with Crippen LogP contribution in [-0.2, 0) is 0 Å². The summed E-state index contributed by atoms with van der Waals surface area (Å²) in [7, 11) is 0. The van der Waals surface area contributed by atoms with Crippen molar-refractivity contribution in [2.75, 3.05) is 0 Å². The van der Waals surface area contributed by atoms with Crippen LogP contribution in [-0.4, -0.2) is 10.4 Å². The van der Waals surface area contributed by atoms with Crippen LogP contribution in [0, 0.1) is 0 Å². The second-order valence-electron chi connectivity index (χ2n) is 2.86. The van der Waals surface area contributed by atoms with Crippen molar-refractivity contribution in [2.24, 2.45) is 0 Å². The smallest absolute Gasteiger partial charge is 0.276 e. The maximum Gasteiger partial charge on any atom is 0.276 e. The summed E-state index contributed by atoms with van der Waals surface area (Å²) in [5, 5.41) is 0.768. The van der Waals surface area contributed by atoms with Crippen molar-refractivity contribution in [3.63, 3.8) is 0 Å².